The highest BCUT2D eigenvalue weighted by atomic mass is 32.2. The number of pyridine rings is 2. The SMILES string of the molecule is Cc1ccc2c(=O)c(S(=O)(=O)c3ccc(C)c(C)c3)cn(CC(=O)Nc3ccc(F)c(F)c3)c2n1. The second kappa shape index (κ2) is 9.03. The molecule has 0 fully saturated rings. The van der Waals surface area contributed by atoms with E-state index in [4.69, 9.17) is 0 Å². The molecule has 4 rings (SSSR count). The molecule has 2 heterocycles. The standard InChI is InChI=1S/C25H21F2N3O4S/c1-14-4-7-18(10-15(14)2)35(33,34)22-12-30(25-19(24(22)32)8-5-16(3)28-25)13-23(31)29-17-6-9-20(26)21(27)11-17/h4-12H,13H2,1-3H3,(H,29,31). The third-order valence-electron chi connectivity index (χ3n) is 5.62. The van der Waals surface area contributed by atoms with Crippen LogP contribution in [0, 0.1) is 32.4 Å². The molecule has 0 aliphatic heterocycles. The molecule has 0 radical (unpaired) electrons. The van der Waals surface area contributed by atoms with Crippen molar-refractivity contribution in [1.82, 2.24) is 9.55 Å². The molecule has 1 amide bonds. The Hall–Kier alpha value is -3.92. The molecule has 0 atom stereocenters. The smallest absolute Gasteiger partial charge is 0.244 e. The average Bonchev–Trinajstić information content (AvgIpc) is 2.79. The van der Waals surface area contributed by atoms with Crippen LogP contribution in [0.2, 0.25) is 0 Å². The van der Waals surface area contributed by atoms with Crippen molar-refractivity contribution >= 4 is 32.5 Å². The van der Waals surface area contributed by atoms with Crippen molar-refractivity contribution in [3.63, 3.8) is 0 Å². The van der Waals surface area contributed by atoms with Gasteiger partial charge >= 0.3 is 0 Å². The summed E-state index contributed by atoms with van der Waals surface area (Å²) in [5.41, 5.74) is 1.60. The summed E-state index contributed by atoms with van der Waals surface area (Å²) in [6.07, 6.45) is 1.09. The van der Waals surface area contributed by atoms with Crippen LogP contribution in [0.4, 0.5) is 14.5 Å². The van der Waals surface area contributed by atoms with E-state index in [0.717, 1.165) is 29.5 Å². The quantitative estimate of drug-likeness (QED) is 0.448. The van der Waals surface area contributed by atoms with Gasteiger partial charge in [-0.3, -0.25) is 9.59 Å². The number of nitrogens with one attached hydrogen (secondary N) is 1. The minimum absolute atomic E-state index is 0.0198. The first-order chi connectivity index (χ1) is 16.5. The number of carbonyl (C=O) groups excluding carboxylic acids is 1. The Bertz CT molecular complexity index is 1660. The summed E-state index contributed by atoms with van der Waals surface area (Å²) in [7, 11) is -4.22. The number of anilines is 1. The van der Waals surface area contributed by atoms with Gasteiger partial charge in [0, 0.05) is 23.6 Å². The monoisotopic (exact) mass is 497 g/mol. The highest BCUT2D eigenvalue weighted by Gasteiger charge is 2.25. The Kier molecular flexibility index (Phi) is 6.25. The third kappa shape index (κ3) is 4.69. The number of rotatable bonds is 5. The van der Waals surface area contributed by atoms with Crippen molar-refractivity contribution in [3.8, 4) is 0 Å². The normalized spacial score (nSPS) is 11.6. The molecule has 1 N–H and O–H groups in total. The summed E-state index contributed by atoms with van der Waals surface area (Å²) < 4.78 is 54.8. The van der Waals surface area contributed by atoms with E-state index in [2.05, 4.69) is 10.3 Å². The van der Waals surface area contributed by atoms with Gasteiger partial charge in [-0.05, 0) is 68.3 Å². The van der Waals surface area contributed by atoms with E-state index < -0.39 is 44.2 Å². The molecule has 7 nitrogen and oxygen atoms in total. The molecule has 0 bridgehead atoms. The zero-order valence-electron chi connectivity index (χ0n) is 19.1. The fourth-order valence-corrected chi connectivity index (χ4v) is 5.04. The van der Waals surface area contributed by atoms with Crippen molar-refractivity contribution < 1.29 is 22.0 Å². The minimum atomic E-state index is -4.22. The maximum Gasteiger partial charge on any atom is 0.244 e. The number of carbonyl (C=O) groups is 1. The molecule has 35 heavy (non-hydrogen) atoms. The van der Waals surface area contributed by atoms with Crippen molar-refractivity contribution in [3.05, 3.63) is 93.4 Å². The first kappa shape index (κ1) is 24.2. The third-order valence-corrected chi connectivity index (χ3v) is 7.37. The first-order valence-corrected chi connectivity index (χ1v) is 12.0. The lowest BCUT2D eigenvalue weighted by atomic mass is 10.1. The lowest BCUT2D eigenvalue weighted by molar-refractivity contribution is -0.116. The van der Waals surface area contributed by atoms with E-state index in [0.29, 0.717) is 5.69 Å². The van der Waals surface area contributed by atoms with Gasteiger partial charge in [-0.25, -0.2) is 22.2 Å². The molecule has 0 saturated heterocycles. The van der Waals surface area contributed by atoms with Crippen LogP contribution >= 0.6 is 0 Å². The lowest BCUT2D eigenvalue weighted by Gasteiger charge is -2.14. The number of sulfone groups is 1. The molecule has 0 spiro atoms. The predicted molar refractivity (Wildman–Crippen MR) is 127 cm³/mol. The molecule has 0 aliphatic rings. The second-order valence-electron chi connectivity index (χ2n) is 8.20. The van der Waals surface area contributed by atoms with Crippen LogP contribution in [-0.4, -0.2) is 23.9 Å². The van der Waals surface area contributed by atoms with Crippen molar-refractivity contribution in [2.24, 2.45) is 0 Å². The summed E-state index contributed by atoms with van der Waals surface area (Å²) >= 11 is 0. The number of benzene rings is 2. The number of fused-ring (bicyclic) bond motifs is 1. The number of aromatic nitrogens is 2. The second-order valence-corrected chi connectivity index (χ2v) is 10.1. The molecule has 2 aromatic heterocycles. The van der Waals surface area contributed by atoms with E-state index in [1.54, 1.807) is 26.0 Å². The van der Waals surface area contributed by atoms with Crippen molar-refractivity contribution in [2.45, 2.75) is 37.1 Å². The first-order valence-electron chi connectivity index (χ1n) is 10.6. The average molecular weight is 498 g/mol. The van der Waals surface area contributed by atoms with Gasteiger partial charge in [-0.1, -0.05) is 6.07 Å². The zero-order valence-corrected chi connectivity index (χ0v) is 19.9. The molecule has 10 heteroatoms. The minimum Gasteiger partial charge on any atom is -0.324 e. The maximum atomic E-state index is 13.5. The largest absolute Gasteiger partial charge is 0.324 e. The molecule has 2 aromatic carbocycles. The van der Waals surface area contributed by atoms with Gasteiger partial charge in [-0.15, -0.1) is 0 Å². The summed E-state index contributed by atoms with van der Waals surface area (Å²) in [6, 6.07) is 10.5. The molecule has 0 unspecified atom stereocenters. The number of hydrogen-bond donors (Lipinski definition) is 1. The van der Waals surface area contributed by atoms with Crippen LogP contribution < -0.4 is 10.7 Å². The summed E-state index contributed by atoms with van der Waals surface area (Å²) in [5.74, 6) is -2.84. The summed E-state index contributed by atoms with van der Waals surface area (Å²) in [4.78, 5) is 29.7. The van der Waals surface area contributed by atoms with Gasteiger partial charge in [0.15, 0.2) is 11.6 Å². The number of hydrogen-bond acceptors (Lipinski definition) is 5. The zero-order chi connectivity index (χ0) is 25.5. The van der Waals surface area contributed by atoms with E-state index in [-0.39, 0.29) is 21.6 Å². The van der Waals surface area contributed by atoms with Gasteiger partial charge in [0.25, 0.3) is 0 Å². The summed E-state index contributed by atoms with van der Waals surface area (Å²) in [5, 5.41) is 2.46. The highest BCUT2D eigenvalue weighted by molar-refractivity contribution is 7.91. The van der Waals surface area contributed by atoms with Gasteiger partial charge < -0.3 is 9.88 Å². The van der Waals surface area contributed by atoms with Crippen molar-refractivity contribution in [2.75, 3.05) is 5.32 Å². The van der Waals surface area contributed by atoms with E-state index in [9.17, 15) is 26.8 Å². The Balaban J connectivity index is 1.82. The maximum absolute atomic E-state index is 13.5. The van der Waals surface area contributed by atoms with Gasteiger partial charge in [0.1, 0.15) is 17.1 Å². The van der Waals surface area contributed by atoms with Crippen LogP contribution in [0.25, 0.3) is 11.0 Å². The van der Waals surface area contributed by atoms with E-state index >= 15 is 0 Å². The Morgan fingerprint density at radius 2 is 1.71 bits per heavy atom. The molecular weight excluding hydrogens is 476 g/mol. The Morgan fingerprint density at radius 3 is 2.40 bits per heavy atom. The van der Waals surface area contributed by atoms with Crippen LogP contribution in [0.5, 0.6) is 0 Å². The van der Waals surface area contributed by atoms with E-state index in [1.807, 2.05) is 6.92 Å². The number of halogens is 2. The van der Waals surface area contributed by atoms with Gasteiger partial charge in [0.2, 0.25) is 21.2 Å². The van der Waals surface area contributed by atoms with Crippen LogP contribution in [0.3, 0.4) is 0 Å². The molecule has 0 saturated carbocycles. The number of aryl methyl sites for hydroxylation is 3. The summed E-state index contributed by atoms with van der Waals surface area (Å²) in [6.45, 7) is 4.87. The van der Waals surface area contributed by atoms with Crippen LogP contribution in [0.15, 0.2) is 69.3 Å². The van der Waals surface area contributed by atoms with Gasteiger partial charge in [0.05, 0.1) is 10.3 Å². The highest BCUT2D eigenvalue weighted by Crippen LogP contribution is 2.23. The van der Waals surface area contributed by atoms with Crippen molar-refractivity contribution in [1.29, 1.82) is 0 Å². The van der Waals surface area contributed by atoms with Gasteiger partial charge in [-0.2, -0.15) is 0 Å². The number of amides is 1. The topological polar surface area (TPSA) is 98.1 Å². The fourth-order valence-electron chi connectivity index (χ4n) is 3.58. The van der Waals surface area contributed by atoms with E-state index in [1.165, 1.54) is 28.8 Å². The molecule has 0 aliphatic carbocycles. The molecule has 180 valence electrons. The lowest BCUT2D eigenvalue weighted by Crippen LogP contribution is -2.24. The Morgan fingerprint density at radius 1 is 0.971 bits per heavy atom. The fraction of sp³-hybridized carbons (Fsp3) is 0.160. The van der Waals surface area contributed by atoms with Crippen LogP contribution in [0.1, 0.15) is 16.8 Å². The van der Waals surface area contributed by atoms with Crippen LogP contribution in [-0.2, 0) is 21.2 Å². The molecular formula is C25H21F2N3O4S. The Labute approximate surface area is 200 Å². The molecule has 4 aromatic rings. The predicted octanol–water partition coefficient (Wildman–Crippen LogP) is 4.07. The number of nitrogens with zero attached hydrogens (tertiary/aromatic N) is 2.